The zero-order chi connectivity index (χ0) is 19.9. The molecule has 0 amide bonds. The molecule has 0 atom stereocenters. The van der Waals surface area contributed by atoms with Crippen LogP contribution in [0, 0.1) is 13.0 Å². The van der Waals surface area contributed by atoms with Crippen molar-refractivity contribution in [1.82, 2.24) is 0 Å². The number of halogens is 1. The van der Waals surface area contributed by atoms with Gasteiger partial charge in [-0.25, -0.2) is 0 Å². The molecule has 0 saturated heterocycles. The second kappa shape index (κ2) is 11.1. The average Bonchev–Trinajstić information content (AvgIpc) is 2.77. The topological polar surface area (TPSA) is 0 Å². The predicted molar refractivity (Wildman–Crippen MR) is 126 cm³/mol. The summed E-state index contributed by atoms with van der Waals surface area (Å²) in [7, 11) is 0. The van der Waals surface area contributed by atoms with Crippen molar-refractivity contribution >= 4 is 28.4 Å². The molecule has 0 aliphatic heterocycles. The monoisotopic (exact) mass is 444 g/mol. The first kappa shape index (κ1) is 22.2. The minimum absolute atomic E-state index is 0. The smallest absolute Gasteiger partial charge is 0.162 e. The lowest BCUT2D eigenvalue weighted by molar-refractivity contribution is -0.00000559. The number of hydrogen-bond donors (Lipinski definition) is 0. The Kier molecular flexibility index (Phi) is 8.19. The van der Waals surface area contributed by atoms with E-state index < -0.39 is 0 Å². The molecule has 0 unspecified atom stereocenters. The van der Waals surface area contributed by atoms with E-state index in [4.69, 9.17) is 0 Å². The van der Waals surface area contributed by atoms with Crippen molar-refractivity contribution in [3.8, 4) is 0 Å². The second-order valence-electron chi connectivity index (χ2n) is 6.65. The van der Waals surface area contributed by atoms with E-state index in [1.165, 1.54) is 25.8 Å². The highest BCUT2D eigenvalue weighted by atomic mass is 35.5. The van der Waals surface area contributed by atoms with Crippen molar-refractivity contribution in [2.24, 2.45) is 0 Å². The van der Waals surface area contributed by atoms with E-state index in [0.717, 1.165) is 10.5 Å². The summed E-state index contributed by atoms with van der Waals surface area (Å²) in [6.45, 7) is 2.12. The Bertz CT molecular complexity index is 1090. The predicted octanol–water partition coefficient (Wildman–Crippen LogP) is 5.13. The molecule has 0 aliphatic carbocycles. The molecule has 0 fully saturated rings. The molecule has 148 valence electrons. The summed E-state index contributed by atoms with van der Waals surface area (Å²) in [5.74, 6) is 0. The molecule has 0 spiro atoms. The highest BCUT2D eigenvalue weighted by molar-refractivity contribution is 8.08. The van der Waals surface area contributed by atoms with Crippen molar-refractivity contribution in [1.29, 1.82) is 0 Å². The fourth-order valence-corrected chi connectivity index (χ4v) is 4.73. The molecule has 30 heavy (non-hydrogen) atoms. The third-order valence-electron chi connectivity index (χ3n) is 4.38. The summed E-state index contributed by atoms with van der Waals surface area (Å²) in [4.78, 5) is 4.77. The zero-order valence-electron chi connectivity index (χ0n) is 16.6. The number of thioether (sulfide) groups is 1. The van der Waals surface area contributed by atoms with E-state index in [1.807, 2.05) is 6.07 Å². The summed E-state index contributed by atoms with van der Waals surface area (Å²) in [5.41, 5.74) is 3.56. The minimum atomic E-state index is 0. The molecule has 0 aliphatic rings. The van der Waals surface area contributed by atoms with Crippen LogP contribution in [-0.4, -0.2) is 0 Å². The standard InChI is InChI=1S/C27H21S2.ClH/c1-21-16-18-22(19-17-21)27(29-25-13-6-3-7-14-25)20-23-10-8-9-15-26(23)28-24-11-4-2-5-12-24;/h2-19H,1H3;1H/q+1;/p-1. The number of rotatable bonds is 6. The maximum absolute atomic E-state index is 3.71. The Labute approximate surface area is 193 Å². The fraction of sp³-hybridized carbons (Fsp3) is 0.0370. The summed E-state index contributed by atoms with van der Waals surface area (Å²) in [6, 6.07) is 38.1. The Morgan fingerprint density at radius 2 is 1.20 bits per heavy atom. The third-order valence-corrected chi connectivity index (χ3v) is 6.52. The Hall–Kier alpha value is -2.48. The van der Waals surface area contributed by atoms with Gasteiger partial charge in [0, 0.05) is 21.9 Å². The van der Waals surface area contributed by atoms with Gasteiger partial charge in [0.05, 0.1) is 5.56 Å². The van der Waals surface area contributed by atoms with Gasteiger partial charge in [-0.05, 0) is 91.0 Å². The van der Waals surface area contributed by atoms with Crippen molar-refractivity contribution in [2.75, 3.05) is 0 Å². The summed E-state index contributed by atoms with van der Waals surface area (Å²) in [6.07, 6.45) is 3.71. The summed E-state index contributed by atoms with van der Waals surface area (Å²) < 4.78 is 0. The summed E-state index contributed by atoms with van der Waals surface area (Å²) >= 11 is 3.53. The van der Waals surface area contributed by atoms with E-state index in [0.29, 0.717) is 0 Å². The van der Waals surface area contributed by atoms with Crippen LogP contribution in [0.3, 0.4) is 0 Å². The SMILES string of the molecule is Cc1ccc(C(=[C+]c2ccccc2Sc2ccccc2)Sc2ccccc2)cc1.[Cl-]. The van der Waals surface area contributed by atoms with Crippen LogP contribution in [0.2, 0.25) is 0 Å². The third kappa shape index (κ3) is 6.01. The van der Waals surface area contributed by atoms with Gasteiger partial charge in [-0.1, -0.05) is 48.2 Å². The van der Waals surface area contributed by atoms with Crippen LogP contribution in [0.4, 0.5) is 0 Å². The Morgan fingerprint density at radius 3 is 1.87 bits per heavy atom. The van der Waals surface area contributed by atoms with Crippen LogP contribution in [0.15, 0.2) is 124 Å². The van der Waals surface area contributed by atoms with Gasteiger partial charge in [0.15, 0.2) is 10.5 Å². The lowest BCUT2D eigenvalue weighted by atomic mass is 10.1. The van der Waals surface area contributed by atoms with Crippen LogP contribution in [0.25, 0.3) is 4.91 Å². The first-order chi connectivity index (χ1) is 14.3. The van der Waals surface area contributed by atoms with Gasteiger partial charge >= 0.3 is 0 Å². The van der Waals surface area contributed by atoms with Crippen molar-refractivity contribution in [3.63, 3.8) is 0 Å². The van der Waals surface area contributed by atoms with Crippen molar-refractivity contribution < 1.29 is 12.4 Å². The molecule has 0 saturated carbocycles. The molecule has 0 aromatic heterocycles. The molecule has 4 rings (SSSR count). The van der Waals surface area contributed by atoms with E-state index in [-0.39, 0.29) is 12.4 Å². The van der Waals surface area contributed by atoms with Crippen LogP contribution >= 0.6 is 23.5 Å². The molecular weight excluding hydrogens is 424 g/mol. The maximum Gasteiger partial charge on any atom is 0.162 e. The fourth-order valence-electron chi connectivity index (χ4n) is 2.86. The average molecular weight is 445 g/mol. The van der Waals surface area contributed by atoms with Gasteiger partial charge in [-0.3, -0.25) is 0 Å². The molecule has 0 nitrogen and oxygen atoms in total. The Balaban J connectivity index is 0.00000256. The van der Waals surface area contributed by atoms with Crippen LogP contribution in [0.1, 0.15) is 16.7 Å². The lowest BCUT2D eigenvalue weighted by Gasteiger charge is -2.05. The molecule has 0 N–H and O–H groups in total. The maximum atomic E-state index is 3.71. The highest BCUT2D eigenvalue weighted by Crippen LogP contribution is 2.37. The van der Waals surface area contributed by atoms with Gasteiger partial charge in [-0.2, -0.15) is 0 Å². The zero-order valence-corrected chi connectivity index (χ0v) is 19.0. The largest absolute Gasteiger partial charge is 1.00 e. The van der Waals surface area contributed by atoms with E-state index in [9.17, 15) is 0 Å². The molecule has 0 heterocycles. The van der Waals surface area contributed by atoms with Gasteiger partial charge in [0.1, 0.15) is 4.90 Å². The number of aryl methyl sites for hydroxylation is 1. The van der Waals surface area contributed by atoms with E-state index in [2.05, 4.69) is 116 Å². The van der Waals surface area contributed by atoms with Gasteiger partial charge in [0.2, 0.25) is 0 Å². The highest BCUT2D eigenvalue weighted by Gasteiger charge is 2.16. The molecule has 4 aromatic rings. The molecule has 3 heteroatoms. The molecule has 0 radical (unpaired) electrons. The number of benzene rings is 4. The normalized spacial score (nSPS) is 10.8. The van der Waals surface area contributed by atoms with Gasteiger partial charge in [-0.15, -0.1) is 0 Å². The van der Waals surface area contributed by atoms with Crippen LogP contribution in [0.5, 0.6) is 0 Å². The Morgan fingerprint density at radius 1 is 0.633 bits per heavy atom. The van der Waals surface area contributed by atoms with E-state index >= 15 is 0 Å². The van der Waals surface area contributed by atoms with Crippen LogP contribution in [-0.2, 0) is 0 Å². The lowest BCUT2D eigenvalue weighted by Crippen LogP contribution is -3.00. The summed E-state index contributed by atoms with van der Waals surface area (Å²) in [5, 5.41) is 0. The van der Waals surface area contributed by atoms with Crippen LogP contribution < -0.4 is 12.4 Å². The first-order valence-electron chi connectivity index (χ1n) is 9.54. The number of hydrogen-bond acceptors (Lipinski definition) is 2. The molecular formula is C27H21ClS2. The van der Waals surface area contributed by atoms with E-state index in [1.54, 1.807) is 23.5 Å². The van der Waals surface area contributed by atoms with Gasteiger partial charge < -0.3 is 12.4 Å². The second-order valence-corrected chi connectivity index (χ2v) is 8.85. The van der Waals surface area contributed by atoms with Crippen molar-refractivity contribution in [3.05, 3.63) is 132 Å². The minimum Gasteiger partial charge on any atom is -1.00 e. The van der Waals surface area contributed by atoms with Gasteiger partial charge in [0.25, 0.3) is 0 Å². The van der Waals surface area contributed by atoms with Crippen molar-refractivity contribution in [2.45, 2.75) is 21.6 Å². The first-order valence-corrected chi connectivity index (χ1v) is 11.2. The molecule has 4 aromatic carbocycles. The quantitative estimate of drug-likeness (QED) is 0.229. The molecule has 0 bridgehead atoms.